The molecular formula is C28H29N5S. The van der Waals surface area contributed by atoms with Gasteiger partial charge in [-0.3, -0.25) is 9.97 Å². The first-order chi connectivity index (χ1) is 16.4. The smallest absolute Gasteiger partial charge is 0.174 e. The number of nitrogens with one attached hydrogen (secondary N) is 1. The van der Waals surface area contributed by atoms with Crippen LogP contribution in [0.4, 0.5) is 5.69 Å². The molecule has 1 aliphatic heterocycles. The highest BCUT2D eigenvalue weighted by Gasteiger charge is 2.42. The molecule has 4 heterocycles. The van der Waals surface area contributed by atoms with Gasteiger partial charge in [0.25, 0.3) is 0 Å². The van der Waals surface area contributed by atoms with E-state index in [0.717, 1.165) is 23.0 Å². The number of pyridine rings is 2. The summed E-state index contributed by atoms with van der Waals surface area (Å²) in [5.74, 6) is 0. The third-order valence-electron chi connectivity index (χ3n) is 6.86. The quantitative estimate of drug-likeness (QED) is 0.380. The summed E-state index contributed by atoms with van der Waals surface area (Å²) in [7, 11) is 0. The molecule has 1 aromatic carbocycles. The molecule has 5 rings (SSSR count). The molecule has 1 N–H and O–H groups in total. The summed E-state index contributed by atoms with van der Waals surface area (Å²) in [4.78, 5) is 11.3. The second kappa shape index (κ2) is 9.03. The molecule has 6 heteroatoms. The third kappa shape index (κ3) is 3.99. The van der Waals surface area contributed by atoms with Crippen LogP contribution >= 0.6 is 12.2 Å². The van der Waals surface area contributed by atoms with E-state index < -0.39 is 0 Å². The normalized spacial score (nSPS) is 17.8. The second-order valence-electron chi connectivity index (χ2n) is 9.04. The van der Waals surface area contributed by atoms with E-state index in [0.29, 0.717) is 0 Å². The van der Waals surface area contributed by atoms with Crippen molar-refractivity contribution in [2.24, 2.45) is 0 Å². The van der Waals surface area contributed by atoms with Crippen molar-refractivity contribution < 1.29 is 0 Å². The van der Waals surface area contributed by atoms with Gasteiger partial charge in [0.2, 0.25) is 0 Å². The minimum absolute atomic E-state index is 0.0154. The summed E-state index contributed by atoms with van der Waals surface area (Å²) in [5, 5.41) is 4.31. The van der Waals surface area contributed by atoms with Crippen molar-refractivity contribution in [3.63, 3.8) is 0 Å². The molecule has 0 bridgehead atoms. The Hall–Kier alpha value is -3.51. The predicted octanol–water partition coefficient (Wildman–Crippen LogP) is 5.74. The fraction of sp³-hybridized carbons (Fsp3) is 0.250. The molecule has 1 aliphatic rings. The van der Waals surface area contributed by atoms with Gasteiger partial charge in [0, 0.05) is 42.2 Å². The molecule has 1 saturated heterocycles. The van der Waals surface area contributed by atoms with E-state index in [4.69, 9.17) is 17.2 Å². The van der Waals surface area contributed by atoms with Crippen LogP contribution in [0.15, 0.2) is 73.2 Å². The Bertz CT molecular complexity index is 1330. The molecule has 172 valence electrons. The first kappa shape index (κ1) is 22.3. The number of aryl methyl sites for hydroxylation is 3. The number of rotatable bonds is 5. The number of hydrogen-bond acceptors (Lipinski definition) is 3. The lowest BCUT2D eigenvalue weighted by Gasteiger charge is -2.28. The standard InChI is InChI=1S/C28H29N5S/c1-18-10-11-23(14-19(18)2)33-27(26(31-28(33)34)25-9-5-6-13-30-25)24-15-20(3)32(21(24)4)17-22-8-7-12-29-16-22/h5-16,26-27H,17H2,1-4H3,(H,31,34). The number of anilines is 1. The Morgan fingerprint density at radius 3 is 2.50 bits per heavy atom. The van der Waals surface area contributed by atoms with E-state index in [9.17, 15) is 0 Å². The highest BCUT2D eigenvalue weighted by molar-refractivity contribution is 7.80. The largest absolute Gasteiger partial charge is 0.351 e. The zero-order chi connectivity index (χ0) is 23.8. The van der Waals surface area contributed by atoms with Crippen LogP contribution < -0.4 is 10.2 Å². The van der Waals surface area contributed by atoms with Gasteiger partial charge < -0.3 is 14.8 Å². The minimum Gasteiger partial charge on any atom is -0.351 e. The van der Waals surface area contributed by atoms with Crippen LogP contribution in [0.3, 0.4) is 0 Å². The predicted molar refractivity (Wildman–Crippen MR) is 141 cm³/mol. The van der Waals surface area contributed by atoms with Crippen molar-refractivity contribution in [1.29, 1.82) is 0 Å². The molecule has 5 nitrogen and oxygen atoms in total. The SMILES string of the molecule is Cc1ccc(N2C(=S)NC(c3ccccn3)C2c2cc(C)n(Cc3cccnc3)c2C)cc1C. The van der Waals surface area contributed by atoms with Gasteiger partial charge in [-0.05, 0) is 98.6 Å². The van der Waals surface area contributed by atoms with E-state index in [2.05, 4.69) is 83.9 Å². The lowest BCUT2D eigenvalue weighted by atomic mass is 9.96. The fourth-order valence-electron chi connectivity index (χ4n) is 4.87. The van der Waals surface area contributed by atoms with Gasteiger partial charge in [0.05, 0.1) is 17.8 Å². The van der Waals surface area contributed by atoms with E-state index >= 15 is 0 Å². The Morgan fingerprint density at radius 2 is 1.79 bits per heavy atom. The first-order valence-corrected chi connectivity index (χ1v) is 12.0. The van der Waals surface area contributed by atoms with Crippen LogP contribution in [0, 0.1) is 27.7 Å². The lowest BCUT2D eigenvalue weighted by molar-refractivity contribution is 0.563. The fourth-order valence-corrected chi connectivity index (χ4v) is 5.22. The van der Waals surface area contributed by atoms with E-state index in [1.807, 2.05) is 36.8 Å². The molecule has 2 atom stereocenters. The van der Waals surface area contributed by atoms with Crippen molar-refractivity contribution >= 4 is 23.0 Å². The van der Waals surface area contributed by atoms with Crippen LogP contribution in [-0.2, 0) is 6.54 Å². The van der Waals surface area contributed by atoms with Crippen LogP contribution in [0.2, 0.25) is 0 Å². The van der Waals surface area contributed by atoms with Gasteiger partial charge in [-0.1, -0.05) is 18.2 Å². The Labute approximate surface area is 206 Å². The molecular weight excluding hydrogens is 438 g/mol. The van der Waals surface area contributed by atoms with Crippen LogP contribution in [0.5, 0.6) is 0 Å². The maximum Gasteiger partial charge on any atom is 0.174 e. The Kier molecular flexibility index (Phi) is 5.92. The number of thiocarbonyl (C=S) groups is 1. The number of hydrogen-bond donors (Lipinski definition) is 1. The molecule has 2 unspecified atom stereocenters. The average Bonchev–Trinajstić information content (AvgIpc) is 3.33. The molecule has 0 radical (unpaired) electrons. The molecule has 0 saturated carbocycles. The van der Waals surface area contributed by atoms with E-state index in [1.54, 1.807) is 0 Å². The summed E-state index contributed by atoms with van der Waals surface area (Å²) in [5.41, 5.74) is 9.49. The first-order valence-electron chi connectivity index (χ1n) is 11.6. The molecule has 4 aromatic rings. The molecule has 0 amide bonds. The summed E-state index contributed by atoms with van der Waals surface area (Å²) in [6.07, 6.45) is 5.60. The van der Waals surface area contributed by atoms with Crippen LogP contribution in [-0.4, -0.2) is 19.6 Å². The highest BCUT2D eigenvalue weighted by Crippen LogP contribution is 2.43. The summed E-state index contributed by atoms with van der Waals surface area (Å²) in [6, 6.07) is 19.0. The van der Waals surface area contributed by atoms with Crippen molar-refractivity contribution in [2.75, 3.05) is 4.90 Å². The van der Waals surface area contributed by atoms with Crippen molar-refractivity contribution in [1.82, 2.24) is 19.9 Å². The topological polar surface area (TPSA) is 46.0 Å². The van der Waals surface area contributed by atoms with Gasteiger partial charge >= 0.3 is 0 Å². The molecule has 3 aromatic heterocycles. The van der Waals surface area contributed by atoms with Crippen LogP contribution in [0.1, 0.15) is 51.4 Å². The van der Waals surface area contributed by atoms with Gasteiger partial charge in [0.15, 0.2) is 5.11 Å². The zero-order valence-corrected chi connectivity index (χ0v) is 20.8. The van der Waals surface area contributed by atoms with E-state index in [1.165, 1.54) is 33.6 Å². The number of aromatic nitrogens is 3. The van der Waals surface area contributed by atoms with Crippen LogP contribution in [0.25, 0.3) is 0 Å². The van der Waals surface area contributed by atoms with Crippen molar-refractivity contribution in [2.45, 2.75) is 46.3 Å². The highest BCUT2D eigenvalue weighted by atomic mass is 32.1. The monoisotopic (exact) mass is 467 g/mol. The summed E-state index contributed by atoms with van der Waals surface area (Å²) >= 11 is 5.91. The van der Waals surface area contributed by atoms with E-state index in [-0.39, 0.29) is 12.1 Å². The second-order valence-corrected chi connectivity index (χ2v) is 9.43. The molecule has 34 heavy (non-hydrogen) atoms. The zero-order valence-electron chi connectivity index (χ0n) is 20.0. The summed E-state index contributed by atoms with van der Waals surface area (Å²) in [6.45, 7) is 9.45. The minimum atomic E-state index is -0.0531. The van der Waals surface area contributed by atoms with Crippen molar-refractivity contribution in [3.8, 4) is 0 Å². The Morgan fingerprint density at radius 1 is 0.941 bits per heavy atom. The summed E-state index contributed by atoms with van der Waals surface area (Å²) < 4.78 is 2.36. The number of benzene rings is 1. The number of nitrogens with zero attached hydrogens (tertiary/aromatic N) is 4. The third-order valence-corrected chi connectivity index (χ3v) is 7.18. The maximum absolute atomic E-state index is 5.91. The maximum atomic E-state index is 5.91. The van der Waals surface area contributed by atoms with Gasteiger partial charge in [-0.25, -0.2) is 0 Å². The van der Waals surface area contributed by atoms with Gasteiger partial charge in [-0.15, -0.1) is 0 Å². The van der Waals surface area contributed by atoms with Crippen molar-refractivity contribution in [3.05, 3.63) is 113 Å². The van der Waals surface area contributed by atoms with Gasteiger partial charge in [-0.2, -0.15) is 0 Å². The molecule has 1 fully saturated rings. The molecule has 0 aliphatic carbocycles. The average molecular weight is 468 g/mol. The Balaban J connectivity index is 1.63. The van der Waals surface area contributed by atoms with Gasteiger partial charge in [0.1, 0.15) is 0 Å². The molecule has 0 spiro atoms. The lowest BCUT2D eigenvalue weighted by Crippen LogP contribution is -2.29.